The lowest BCUT2D eigenvalue weighted by Gasteiger charge is -2.03. The third-order valence-corrected chi connectivity index (χ3v) is 5.01. The highest BCUT2D eigenvalue weighted by molar-refractivity contribution is 5.82. The summed E-state index contributed by atoms with van der Waals surface area (Å²) in [6.45, 7) is 2.25. The summed E-state index contributed by atoms with van der Waals surface area (Å²) in [5.74, 6) is -0.0914. The van der Waals surface area contributed by atoms with E-state index in [0.717, 1.165) is 12.8 Å². The molecule has 1 N–H and O–H groups in total. The van der Waals surface area contributed by atoms with Gasteiger partial charge in [0.05, 0.1) is 11.1 Å². The molecule has 162 valence electrons. The highest BCUT2D eigenvalue weighted by atomic mass is 16.6. The number of hydrogen-bond acceptors (Lipinski definition) is 4. The third kappa shape index (κ3) is 13.6. The standard InChI is InChI=1S/C23H37N3O3/c1-2-3-4-5-6-7-8-9-10-11-12-13-14-15-23(27)25-24-20-21-16-18-22(19-17-21)26(28)29/h16-20H,2-15H2,1H3,(H,25,27). The van der Waals surface area contributed by atoms with Crippen LogP contribution in [0.1, 0.15) is 102 Å². The predicted octanol–water partition coefficient (Wildman–Crippen LogP) is 6.53. The lowest BCUT2D eigenvalue weighted by molar-refractivity contribution is -0.384. The second-order valence-corrected chi connectivity index (χ2v) is 7.63. The molecular formula is C23H37N3O3. The van der Waals surface area contributed by atoms with Gasteiger partial charge in [-0.3, -0.25) is 14.9 Å². The highest BCUT2D eigenvalue weighted by Crippen LogP contribution is 2.13. The monoisotopic (exact) mass is 403 g/mol. The number of nitro benzene ring substituents is 1. The Labute approximate surface area is 175 Å². The van der Waals surface area contributed by atoms with E-state index in [9.17, 15) is 14.9 Å². The molecule has 0 aliphatic heterocycles. The van der Waals surface area contributed by atoms with Gasteiger partial charge in [-0.05, 0) is 24.1 Å². The first-order valence-electron chi connectivity index (χ1n) is 11.2. The molecular weight excluding hydrogens is 366 g/mol. The van der Waals surface area contributed by atoms with Crippen molar-refractivity contribution < 1.29 is 9.72 Å². The molecule has 0 aromatic heterocycles. The Hall–Kier alpha value is -2.24. The number of nitrogens with zero attached hydrogens (tertiary/aromatic N) is 2. The lowest BCUT2D eigenvalue weighted by atomic mass is 10.0. The van der Waals surface area contributed by atoms with Crippen LogP contribution in [0.2, 0.25) is 0 Å². The van der Waals surface area contributed by atoms with Crippen LogP contribution in [0.5, 0.6) is 0 Å². The number of hydrogen-bond donors (Lipinski definition) is 1. The quantitative estimate of drug-likeness (QED) is 0.139. The van der Waals surface area contributed by atoms with Crippen LogP contribution < -0.4 is 5.43 Å². The Morgan fingerprint density at radius 3 is 1.86 bits per heavy atom. The molecule has 0 fully saturated rings. The number of non-ortho nitro benzene ring substituents is 1. The maximum Gasteiger partial charge on any atom is 0.269 e. The summed E-state index contributed by atoms with van der Waals surface area (Å²) in [5, 5.41) is 14.5. The fourth-order valence-electron chi connectivity index (χ4n) is 3.22. The number of hydrazone groups is 1. The van der Waals surface area contributed by atoms with Gasteiger partial charge in [0.2, 0.25) is 5.91 Å². The fourth-order valence-corrected chi connectivity index (χ4v) is 3.22. The van der Waals surface area contributed by atoms with Crippen LogP contribution in [0, 0.1) is 10.1 Å². The van der Waals surface area contributed by atoms with E-state index in [0.29, 0.717) is 12.0 Å². The van der Waals surface area contributed by atoms with Gasteiger partial charge in [0.15, 0.2) is 0 Å². The van der Waals surface area contributed by atoms with Crippen LogP contribution in [0.4, 0.5) is 5.69 Å². The van der Waals surface area contributed by atoms with Gasteiger partial charge in [0, 0.05) is 18.6 Å². The number of carbonyl (C=O) groups is 1. The molecule has 0 saturated carbocycles. The Kier molecular flexibility index (Phi) is 14.3. The SMILES string of the molecule is CCCCCCCCCCCCCCCC(=O)NN=Cc1ccc([N+](=O)[O-])cc1. The minimum atomic E-state index is -0.446. The molecule has 0 aliphatic carbocycles. The minimum absolute atomic E-state index is 0.0357. The van der Waals surface area contributed by atoms with Crippen LogP contribution >= 0.6 is 0 Å². The summed E-state index contributed by atoms with van der Waals surface area (Å²) >= 11 is 0. The zero-order chi connectivity index (χ0) is 21.2. The van der Waals surface area contributed by atoms with E-state index in [1.165, 1.54) is 89.0 Å². The zero-order valence-electron chi connectivity index (χ0n) is 17.9. The molecule has 0 spiro atoms. The molecule has 0 unspecified atom stereocenters. The van der Waals surface area contributed by atoms with Crippen molar-refractivity contribution in [1.82, 2.24) is 5.43 Å². The summed E-state index contributed by atoms with van der Waals surface area (Å²) in [5.41, 5.74) is 3.25. The van der Waals surface area contributed by atoms with E-state index in [-0.39, 0.29) is 11.6 Å². The molecule has 1 amide bonds. The molecule has 1 aromatic carbocycles. The van der Waals surface area contributed by atoms with Crippen molar-refractivity contribution in [1.29, 1.82) is 0 Å². The van der Waals surface area contributed by atoms with Crippen LogP contribution in [-0.2, 0) is 4.79 Å². The van der Waals surface area contributed by atoms with Crippen molar-refractivity contribution in [2.24, 2.45) is 5.10 Å². The maximum atomic E-state index is 11.8. The number of carbonyl (C=O) groups excluding carboxylic acids is 1. The van der Waals surface area contributed by atoms with Gasteiger partial charge < -0.3 is 0 Å². The molecule has 1 rings (SSSR count). The van der Waals surface area contributed by atoms with E-state index >= 15 is 0 Å². The topological polar surface area (TPSA) is 84.6 Å². The van der Waals surface area contributed by atoms with Crippen molar-refractivity contribution in [2.75, 3.05) is 0 Å². The summed E-state index contributed by atoms with van der Waals surface area (Å²) < 4.78 is 0. The second kappa shape index (κ2) is 16.7. The van der Waals surface area contributed by atoms with Gasteiger partial charge in [0.1, 0.15) is 0 Å². The van der Waals surface area contributed by atoms with Gasteiger partial charge in [-0.25, -0.2) is 5.43 Å². The first-order chi connectivity index (χ1) is 14.1. The van der Waals surface area contributed by atoms with Crippen molar-refractivity contribution in [3.05, 3.63) is 39.9 Å². The Balaban J connectivity index is 1.94. The third-order valence-electron chi connectivity index (χ3n) is 5.01. The second-order valence-electron chi connectivity index (χ2n) is 7.63. The molecule has 0 aliphatic rings. The van der Waals surface area contributed by atoms with Gasteiger partial charge in [-0.15, -0.1) is 0 Å². The van der Waals surface area contributed by atoms with E-state index < -0.39 is 4.92 Å². The molecule has 6 nitrogen and oxygen atoms in total. The summed E-state index contributed by atoms with van der Waals surface area (Å²) in [7, 11) is 0. The summed E-state index contributed by atoms with van der Waals surface area (Å²) in [6, 6.07) is 6.02. The number of unbranched alkanes of at least 4 members (excludes halogenated alkanes) is 12. The molecule has 6 heteroatoms. The van der Waals surface area contributed by atoms with Crippen LogP contribution in [-0.4, -0.2) is 17.0 Å². The van der Waals surface area contributed by atoms with Gasteiger partial charge >= 0.3 is 0 Å². The van der Waals surface area contributed by atoms with E-state index in [1.54, 1.807) is 12.1 Å². The van der Waals surface area contributed by atoms with Crippen molar-refractivity contribution in [3.8, 4) is 0 Å². The molecule has 0 saturated heterocycles. The van der Waals surface area contributed by atoms with Crippen molar-refractivity contribution >= 4 is 17.8 Å². The number of nitro groups is 1. The van der Waals surface area contributed by atoms with Gasteiger partial charge in [0.25, 0.3) is 5.69 Å². The number of nitrogens with one attached hydrogen (secondary N) is 1. The average molecular weight is 404 g/mol. The van der Waals surface area contributed by atoms with Crippen molar-refractivity contribution in [3.63, 3.8) is 0 Å². The maximum absolute atomic E-state index is 11.8. The largest absolute Gasteiger partial charge is 0.273 e. The normalized spacial score (nSPS) is 11.1. The Bertz CT molecular complexity index is 600. The zero-order valence-corrected chi connectivity index (χ0v) is 17.9. The van der Waals surface area contributed by atoms with Crippen LogP contribution in [0.25, 0.3) is 0 Å². The number of benzene rings is 1. The Morgan fingerprint density at radius 2 is 1.38 bits per heavy atom. The van der Waals surface area contributed by atoms with Gasteiger partial charge in [-0.2, -0.15) is 5.10 Å². The van der Waals surface area contributed by atoms with Crippen molar-refractivity contribution in [2.45, 2.75) is 96.8 Å². The molecule has 0 atom stereocenters. The molecule has 29 heavy (non-hydrogen) atoms. The lowest BCUT2D eigenvalue weighted by Crippen LogP contribution is -2.16. The molecule has 0 radical (unpaired) electrons. The molecule has 0 bridgehead atoms. The molecule has 0 heterocycles. The summed E-state index contributed by atoms with van der Waals surface area (Å²) in [4.78, 5) is 21.9. The van der Waals surface area contributed by atoms with E-state index in [2.05, 4.69) is 17.5 Å². The molecule has 1 aromatic rings. The van der Waals surface area contributed by atoms with E-state index in [4.69, 9.17) is 0 Å². The Morgan fingerprint density at radius 1 is 0.897 bits per heavy atom. The minimum Gasteiger partial charge on any atom is -0.273 e. The number of amides is 1. The first-order valence-corrected chi connectivity index (χ1v) is 11.2. The van der Waals surface area contributed by atoms with Gasteiger partial charge in [-0.1, -0.05) is 84.0 Å². The van der Waals surface area contributed by atoms with Crippen LogP contribution in [0.3, 0.4) is 0 Å². The number of rotatable bonds is 17. The first kappa shape index (κ1) is 24.8. The average Bonchev–Trinajstić information content (AvgIpc) is 2.72. The summed E-state index contributed by atoms with van der Waals surface area (Å²) in [6.07, 6.45) is 18.7. The highest BCUT2D eigenvalue weighted by Gasteiger charge is 2.03. The van der Waals surface area contributed by atoms with Crippen LogP contribution in [0.15, 0.2) is 29.4 Å². The smallest absolute Gasteiger partial charge is 0.269 e. The van der Waals surface area contributed by atoms with E-state index in [1.807, 2.05) is 0 Å². The predicted molar refractivity (Wildman–Crippen MR) is 119 cm³/mol. The fraction of sp³-hybridized carbons (Fsp3) is 0.652.